The molecule has 0 unspecified atom stereocenters. The van der Waals surface area contributed by atoms with Crippen molar-refractivity contribution in [2.24, 2.45) is 5.92 Å². The highest BCUT2D eigenvalue weighted by molar-refractivity contribution is 5.78. The molecule has 186 valence electrons. The number of benzene rings is 1. The van der Waals surface area contributed by atoms with Gasteiger partial charge in [-0.15, -0.1) is 0 Å². The van der Waals surface area contributed by atoms with Crippen molar-refractivity contribution >= 4 is 23.0 Å². The molecule has 2 heterocycles. The zero-order valence-electron chi connectivity index (χ0n) is 20.2. The number of ether oxygens (including phenoxy) is 1. The second-order valence-electron chi connectivity index (χ2n) is 9.41. The Kier molecular flexibility index (Phi) is 7.09. The fourth-order valence-electron chi connectivity index (χ4n) is 3.84. The van der Waals surface area contributed by atoms with Gasteiger partial charge in [0.2, 0.25) is 5.91 Å². The molecule has 2 amide bonds. The van der Waals surface area contributed by atoms with Gasteiger partial charge in [-0.25, -0.2) is 9.59 Å². The third kappa shape index (κ3) is 5.82. The van der Waals surface area contributed by atoms with E-state index in [2.05, 4.69) is 29.5 Å². The average molecular weight is 482 g/mol. The van der Waals surface area contributed by atoms with E-state index < -0.39 is 11.7 Å². The molecule has 0 saturated heterocycles. The van der Waals surface area contributed by atoms with Gasteiger partial charge in [-0.05, 0) is 49.8 Å². The Bertz CT molecular complexity index is 1360. The number of aromatic amines is 1. The third-order valence-electron chi connectivity index (χ3n) is 6.09. The van der Waals surface area contributed by atoms with Crippen molar-refractivity contribution in [2.45, 2.75) is 65.7 Å². The Morgan fingerprint density at radius 1 is 1.20 bits per heavy atom. The lowest BCUT2D eigenvalue weighted by atomic mass is 10.1. The fourth-order valence-corrected chi connectivity index (χ4v) is 3.84. The van der Waals surface area contributed by atoms with Crippen molar-refractivity contribution in [3.05, 3.63) is 62.4 Å². The predicted molar refractivity (Wildman–Crippen MR) is 131 cm³/mol. The summed E-state index contributed by atoms with van der Waals surface area (Å²) in [6.45, 7) is 6.45. The number of imidazole rings is 1. The van der Waals surface area contributed by atoms with E-state index in [0.29, 0.717) is 29.3 Å². The molecule has 10 nitrogen and oxygen atoms in total. The zero-order valence-corrected chi connectivity index (χ0v) is 20.2. The number of rotatable bonds is 9. The van der Waals surface area contributed by atoms with E-state index in [-0.39, 0.29) is 36.2 Å². The van der Waals surface area contributed by atoms with Crippen LogP contribution in [0.3, 0.4) is 0 Å². The van der Waals surface area contributed by atoms with E-state index in [1.54, 1.807) is 22.8 Å². The van der Waals surface area contributed by atoms with Crippen LogP contribution < -0.4 is 26.6 Å². The molecule has 1 aromatic carbocycles. The van der Waals surface area contributed by atoms with Gasteiger partial charge in [-0.1, -0.05) is 26.0 Å². The lowest BCUT2D eigenvalue weighted by Gasteiger charge is -2.14. The smallest absolute Gasteiger partial charge is 0.410 e. The van der Waals surface area contributed by atoms with Crippen LogP contribution in [0.5, 0.6) is 5.75 Å². The van der Waals surface area contributed by atoms with Gasteiger partial charge in [-0.3, -0.25) is 14.2 Å². The summed E-state index contributed by atoms with van der Waals surface area (Å²) < 4.78 is 8.27. The van der Waals surface area contributed by atoms with Crippen molar-refractivity contribution < 1.29 is 14.3 Å². The van der Waals surface area contributed by atoms with Gasteiger partial charge in [0.1, 0.15) is 17.8 Å². The molecule has 1 saturated carbocycles. The molecule has 1 aliphatic carbocycles. The maximum Gasteiger partial charge on any atom is 0.412 e. The first-order valence-corrected chi connectivity index (χ1v) is 11.9. The third-order valence-corrected chi connectivity index (χ3v) is 6.09. The molecule has 10 heteroatoms. The second kappa shape index (κ2) is 10.2. The molecule has 3 N–H and O–H groups in total. The van der Waals surface area contributed by atoms with E-state index in [1.807, 2.05) is 13.0 Å². The van der Waals surface area contributed by atoms with E-state index in [9.17, 15) is 19.2 Å². The summed E-state index contributed by atoms with van der Waals surface area (Å²) in [6, 6.07) is 7.18. The van der Waals surface area contributed by atoms with E-state index in [1.165, 1.54) is 10.8 Å². The molecule has 0 atom stereocenters. The van der Waals surface area contributed by atoms with Gasteiger partial charge < -0.3 is 24.9 Å². The van der Waals surface area contributed by atoms with Crippen molar-refractivity contribution in [3.8, 4) is 5.75 Å². The summed E-state index contributed by atoms with van der Waals surface area (Å²) in [6.07, 6.45) is 3.72. The highest BCUT2D eigenvalue weighted by atomic mass is 16.6. The molecule has 35 heavy (non-hydrogen) atoms. The first-order chi connectivity index (χ1) is 16.7. The quantitative estimate of drug-likeness (QED) is 0.433. The van der Waals surface area contributed by atoms with Gasteiger partial charge in [-0.2, -0.15) is 0 Å². The Balaban J connectivity index is 1.44. The summed E-state index contributed by atoms with van der Waals surface area (Å²) in [5.74, 6) is 0.412. The molecule has 1 fully saturated rings. The molecule has 1 aliphatic rings. The topological polar surface area (TPSA) is 127 Å². The highest BCUT2D eigenvalue weighted by Gasteiger charge is 2.24. The molecular weight excluding hydrogens is 450 g/mol. The van der Waals surface area contributed by atoms with Crippen molar-refractivity contribution in [3.63, 3.8) is 0 Å². The van der Waals surface area contributed by atoms with Gasteiger partial charge in [0.05, 0.1) is 5.52 Å². The Morgan fingerprint density at radius 2 is 1.97 bits per heavy atom. The van der Waals surface area contributed by atoms with Crippen molar-refractivity contribution in [2.75, 3.05) is 0 Å². The number of nitrogens with one attached hydrogen (secondary N) is 3. The number of hydrogen-bond acceptors (Lipinski definition) is 5. The summed E-state index contributed by atoms with van der Waals surface area (Å²) in [5.41, 5.74) is 1.49. The molecule has 3 aromatic rings. The van der Waals surface area contributed by atoms with E-state index in [4.69, 9.17) is 4.74 Å². The van der Waals surface area contributed by atoms with Gasteiger partial charge in [0.25, 0.3) is 5.56 Å². The van der Waals surface area contributed by atoms with Crippen LogP contribution >= 0.6 is 0 Å². The Morgan fingerprint density at radius 3 is 2.69 bits per heavy atom. The van der Waals surface area contributed by atoms with Crippen molar-refractivity contribution in [1.82, 2.24) is 24.8 Å². The summed E-state index contributed by atoms with van der Waals surface area (Å²) in [5, 5.41) is 5.56. The monoisotopic (exact) mass is 481 g/mol. The SMILES string of the molecule is Cc1cccc(OC(=O)NC2CC2)c1CNC(=O)Cn1ccc2c([nH]c(=O)n2CCC(C)C)c1=O. The normalized spacial score (nSPS) is 13.3. The number of nitrogens with zero attached hydrogens (tertiary/aromatic N) is 2. The number of H-pyrrole nitrogens is 1. The molecule has 0 aliphatic heterocycles. The Labute approximate surface area is 202 Å². The van der Waals surface area contributed by atoms with E-state index >= 15 is 0 Å². The van der Waals surface area contributed by atoms with Crippen molar-refractivity contribution in [1.29, 1.82) is 0 Å². The first kappa shape index (κ1) is 24.3. The van der Waals surface area contributed by atoms with Gasteiger partial charge in [0, 0.05) is 30.9 Å². The summed E-state index contributed by atoms with van der Waals surface area (Å²) in [7, 11) is 0. The first-order valence-electron chi connectivity index (χ1n) is 11.9. The number of carbonyl (C=O) groups is 2. The van der Waals surface area contributed by atoms with Crippen LogP contribution in [-0.2, 0) is 24.4 Å². The van der Waals surface area contributed by atoms with Crippen LogP contribution in [0.15, 0.2) is 40.1 Å². The van der Waals surface area contributed by atoms with E-state index in [0.717, 1.165) is 24.8 Å². The molecule has 0 bridgehead atoms. The number of fused-ring (bicyclic) bond motifs is 1. The fraction of sp³-hybridized carbons (Fsp3) is 0.440. The lowest BCUT2D eigenvalue weighted by molar-refractivity contribution is -0.121. The minimum absolute atomic E-state index is 0.136. The summed E-state index contributed by atoms with van der Waals surface area (Å²) >= 11 is 0. The number of amides is 2. The number of hydrogen-bond donors (Lipinski definition) is 3. The molecular formula is C25H31N5O5. The van der Waals surface area contributed by atoms with Crippen LogP contribution in [-0.4, -0.2) is 32.2 Å². The van der Waals surface area contributed by atoms with Gasteiger partial charge in [0.15, 0.2) is 0 Å². The minimum Gasteiger partial charge on any atom is -0.410 e. The maximum absolute atomic E-state index is 12.9. The summed E-state index contributed by atoms with van der Waals surface area (Å²) in [4.78, 5) is 52.6. The van der Waals surface area contributed by atoms with Crippen LogP contribution in [0.1, 0.15) is 44.2 Å². The Hall–Kier alpha value is -3.82. The van der Waals surface area contributed by atoms with Crippen LogP contribution in [0.4, 0.5) is 4.79 Å². The standard InChI is InChI=1S/C25H31N5O5/c1-15(2)9-12-30-19-10-11-29(23(32)22(19)28-24(30)33)14-21(31)26-13-18-16(3)5-4-6-20(18)35-25(34)27-17-7-8-17/h4-6,10-11,15,17H,7-9,12-14H2,1-3H3,(H,26,31)(H,27,34)(H,28,33). The number of aryl methyl sites for hydroxylation is 2. The lowest BCUT2D eigenvalue weighted by Crippen LogP contribution is -2.32. The molecule has 2 aromatic heterocycles. The molecule has 0 spiro atoms. The predicted octanol–water partition coefficient (Wildman–Crippen LogP) is 2.41. The van der Waals surface area contributed by atoms with Crippen LogP contribution in [0.25, 0.3) is 11.0 Å². The zero-order chi connectivity index (χ0) is 25.1. The van der Waals surface area contributed by atoms with Gasteiger partial charge >= 0.3 is 11.8 Å². The second-order valence-corrected chi connectivity index (χ2v) is 9.41. The maximum atomic E-state index is 12.9. The minimum atomic E-state index is -0.514. The van der Waals surface area contributed by atoms with Crippen LogP contribution in [0.2, 0.25) is 0 Å². The largest absolute Gasteiger partial charge is 0.412 e. The number of carbonyl (C=O) groups excluding carboxylic acids is 2. The number of pyridine rings is 1. The van der Waals surface area contributed by atoms with Crippen LogP contribution in [0, 0.1) is 12.8 Å². The molecule has 4 rings (SSSR count). The average Bonchev–Trinajstić information content (AvgIpc) is 3.54. The molecule has 0 radical (unpaired) electrons. The number of aromatic nitrogens is 3. The highest BCUT2D eigenvalue weighted by Crippen LogP contribution is 2.23.